The van der Waals surface area contributed by atoms with E-state index >= 15 is 0 Å². The fourth-order valence-corrected chi connectivity index (χ4v) is 2.87. The molecule has 0 atom stereocenters. The SMILES string of the molecule is CC(=O)Nc1cccc(Nc2cc(C)nc(NCCCc3ccccc3)n2)c1. The Labute approximate surface area is 165 Å². The first-order valence-electron chi connectivity index (χ1n) is 9.37. The minimum atomic E-state index is -0.1000. The minimum Gasteiger partial charge on any atom is -0.354 e. The van der Waals surface area contributed by atoms with Crippen LogP contribution in [0, 0.1) is 6.92 Å². The third kappa shape index (κ3) is 6.09. The van der Waals surface area contributed by atoms with Gasteiger partial charge >= 0.3 is 0 Å². The lowest BCUT2D eigenvalue weighted by atomic mass is 10.1. The molecular formula is C22H25N5O. The lowest BCUT2D eigenvalue weighted by Gasteiger charge is -2.11. The number of carbonyl (C=O) groups is 1. The van der Waals surface area contributed by atoms with Crippen molar-refractivity contribution in [2.45, 2.75) is 26.7 Å². The van der Waals surface area contributed by atoms with Crippen LogP contribution in [0.2, 0.25) is 0 Å². The van der Waals surface area contributed by atoms with Gasteiger partial charge in [0.15, 0.2) is 0 Å². The van der Waals surface area contributed by atoms with Gasteiger partial charge in [-0.15, -0.1) is 0 Å². The Morgan fingerprint density at radius 1 is 0.964 bits per heavy atom. The molecule has 3 rings (SSSR count). The highest BCUT2D eigenvalue weighted by Gasteiger charge is 2.04. The van der Waals surface area contributed by atoms with Crippen LogP contribution < -0.4 is 16.0 Å². The molecule has 0 unspecified atom stereocenters. The van der Waals surface area contributed by atoms with E-state index in [4.69, 9.17) is 0 Å². The summed E-state index contributed by atoms with van der Waals surface area (Å²) < 4.78 is 0. The maximum Gasteiger partial charge on any atom is 0.224 e. The third-order valence-corrected chi connectivity index (χ3v) is 4.08. The number of rotatable bonds is 8. The molecule has 1 aromatic heterocycles. The van der Waals surface area contributed by atoms with Crippen molar-refractivity contribution >= 4 is 29.0 Å². The quantitative estimate of drug-likeness (QED) is 0.504. The van der Waals surface area contributed by atoms with Crippen LogP contribution in [-0.4, -0.2) is 22.4 Å². The number of hydrogen-bond acceptors (Lipinski definition) is 5. The van der Waals surface area contributed by atoms with Gasteiger partial charge < -0.3 is 16.0 Å². The predicted octanol–water partition coefficient (Wildman–Crippen LogP) is 4.53. The standard InChI is InChI=1S/C22H25N5O/c1-16-14-21(26-20-12-6-11-19(15-20)25-17(2)28)27-22(24-16)23-13-7-10-18-8-4-3-5-9-18/h3-6,8-9,11-12,14-15H,7,10,13H2,1-2H3,(H,25,28)(H2,23,24,26,27). The number of anilines is 4. The average molecular weight is 375 g/mol. The van der Waals surface area contributed by atoms with Crippen molar-refractivity contribution < 1.29 is 4.79 Å². The van der Waals surface area contributed by atoms with Gasteiger partial charge in [-0.3, -0.25) is 4.79 Å². The summed E-state index contributed by atoms with van der Waals surface area (Å²) in [6, 6.07) is 19.8. The van der Waals surface area contributed by atoms with Crippen LogP contribution in [0.1, 0.15) is 24.6 Å². The van der Waals surface area contributed by atoms with E-state index in [1.807, 2.05) is 43.3 Å². The Balaban J connectivity index is 1.59. The second-order valence-electron chi connectivity index (χ2n) is 6.62. The number of aryl methyl sites for hydroxylation is 2. The van der Waals surface area contributed by atoms with Crippen molar-refractivity contribution in [2.24, 2.45) is 0 Å². The summed E-state index contributed by atoms with van der Waals surface area (Å²) in [5, 5.41) is 9.35. The number of aromatic nitrogens is 2. The van der Waals surface area contributed by atoms with Gasteiger partial charge in [-0.25, -0.2) is 4.98 Å². The molecule has 0 bridgehead atoms. The molecule has 6 heteroatoms. The molecule has 3 aromatic rings. The van der Waals surface area contributed by atoms with Gasteiger partial charge in [0.25, 0.3) is 0 Å². The summed E-state index contributed by atoms with van der Waals surface area (Å²) in [6.07, 6.45) is 2.02. The van der Waals surface area contributed by atoms with Crippen molar-refractivity contribution in [3.8, 4) is 0 Å². The molecule has 3 N–H and O–H groups in total. The van der Waals surface area contributed by atoms with E-state index in [2.05, 4.69) is 50.2 Å². The van der Waals surface area contributed by atoms with Crippen LogP contribution in [0.15, 0.2) is 60.7 Å². The van der Waals surface area contributed by atoms with Crippen LogP contribution in [0.25, 0.3) is 0 Å². The van der Waals surface area contributed by atoms with Crippen LogP contribution in [-0.2, 0) is 11.2 Å². The molecule has 0 spiro atoms. The summed E-state index contributed by atoms with van der Waals surface area (Å²) >= 11 is 0. The Hall–Kier alpha value is -3.41. The van der Waals surface area contributed by atoms with Gasteiger partial charge in [0, 0.05) is 36.6 Å². The van der Waals surface area contributed by atoms with E-state index in [1.54, 1.807) is 0 Å². The summed E-state index contributed by atoms with van der Waals surface area (Å²) in [4.78, 5) is 20.2. The van der Waals surface area contributed by atoms with E-state index in [1.165, 1.54) is 12.5 Å². The van der Waals surface area contributed by atoms with Gasteiger partial charge in [0.2, 0.25) is 11.9 Å². The zero-order chi connectivity index (χ0) is 19.8. The van der Waals surface area contributed by atoms with Crippen molar-refractivity contribution in [3.05, 3.63) is 71.9 Å². The molecular weight excluding hydrogens is 350 g/mol. The maximum absolute atomic E-state index is 11.2. The zero-order valence-corrected chi connectivity index (χ0v) is 16.2. The smallest absolute Gasteiger partial charge is 0.224 e. The lowest BCUT2D eigenvalue weighted by molar-refractivity contribution is -0.114. The largest absolute Gasteiger partial charge is 0.354 e. The first-order chi connectivity index (χ1) is 13.6. The van der Waals surface area contributed by atoms with Gasteiger partial charge in [-0.2, -0.15) is 4.98 Å². The van der Waals surface area contributed by atoms with E-state index in [9.17, 15) is 4.79 Å². The summed E-state index contributed by atoms with van der Waals surface area (Å²) in [7, 11) is 0. The fourth-order valence-electron chi connectivity index (χ4n) is 2.87. The van der Waals surface area contributed by atoms with Gasteiger partial charge in [-0.05, 0) is 43.5 Å². The van der Waals surface area contributed by atoms with Gasteiger partial charge in [0.05, 0.1) is 0 Å². The molecule has 1 heterocycles. The predicted molar refractivity (Wildman–Crippen MR) is 114 cm³/mol. The van der Waals surface area contributed by atoms with Crippen molar-refractivity contribution in [1.29, 1.82) is 0 Å². The molecule has 28 heavy (non-hydrogen) atoms. The number of amides is 1. The van der Waals surface area contributed by atoms with Gasteiger partial charge in [-0.1, -0.05) is 36.4 Å². The monoisotopic (exact) mass is 375 g/mol. The highest BCUT2D eigenvalue weighted by Crippen LogP contribution is 2.20. The molecule has 1 amide bonds. The van der Waals surface area contributed by atoms with E-state index in [-0.39, 0.29) is 5.91 Å². The first-order valence-corrected chi connectivity index (χ1v) is 9.37. The Kier molecular flexibility index (Phi) is 6.57. The van der Waals surface area contributed by atoms with E-state index < -0.39 is 0 Å². The zero-order valence-electron chi connectivity index (χ0n) is 16.2. The number of benzene rings is 2. The molecule has 0 radical (unpaired) electrons. The minimum absolute atomic E-state index is 0.1000. The van der Waals surface area contributed by atoms with Crippen LogP contribution in [0.3, 0.4) is 0 Å². The molecule has 0 aliphatic carbocycles. The number of nitrogens with zero attached hydrogens (tertiary/aromatic N) is 2. The molecule has 2 aromatic carbocycles. The van der Waals surface area contributed by atoms with Crippen molar-refractivity contribution in [3.63, 3.8) is 0 Å². The Morgan fingerprint density at radius 2 is 1.75 bits per heavy atom. The van der Waals surface area contributed by atoms with Crippen molar-refractivity contribution in [2.75, 3.05) is 22.5 Å². The molecule has 0 aliphatic rings. The molecule has 0 saturated heterocycles. The summed E-state index contributed by atoms with van der Waals surface area (Å²) in [5.41, 5.74) is 3.79. The second kappa shape index (κ2) is 9.50. The third-order valence-electron chi connectivity index (χ3n) is 4.08. The first kappa shape index (κ1) is 19.4. The Bertz CT molecular complexity index is 927. The lowest BCUT2D eigenvalue weighted by Crippen LogP contribution is -2.09. The van der Waals surface area contributed by atoms with Gasteiger partial charge in [0.1, 0.15) is 5.82 Å². The van der Waals surface area contributed by atoms with Crippen LogP contribution >= 0.6 is 0 Å². The fraction of sp³-hybridized carbons (Fsp3) is 0.227. The van der Waals surface area contributed by atoms with E-state index in [0.29, 0.717) is 11.8 Å². The van der Waals surface area contributed by atoms with Crippen LogP contribution in [0.4, 0.5) is 23.1 Å². The highest BCUT2D eigenvalue weighted by molar-refractivity contribution is 5.89. The molecule has 0 fully saturated rings. The summed E-state index contributed by atoms with van der Waals surface area (Å²) in [5.74, 6) is 1.21. The molecule has 6 nitrogen and oxygen atoms in total. The molecule has 0 aliphatic heterocycles. The van der Waals surface area contributed by atoms with Crippen LogP contribution in [0.5, 0.6) is 0 Å². The number of carbonyl (C=O) groups excluding carboxylic acids is 1. The number of nitrogens with one attached hydrogen (secondary N) is 3. The average Bonchev–Trinajstić information content (AvgIpc) is 2.65. The molecule has 144 valence electrons. The Morgan fingerprint density at radius 3 is 2.54 bits per heavy atom. The normalized spacial score (nSPS) is 10.4. The maximum atomic E-state index is 11.2. The highest BCUT2D eigenvalue weighted by atomic mass is 16.1. The van der Waals surface area contributed by atoms with Crippen molar-refractivity contribution in [1.82, 2.24) is 9.97 Å². The second-order valence-corrected chi connectivity index (χ2v) is 6.62. The number of hydrogen-bond donors (Lipinski definition) is 3. The van der Waals surface area contributed by atoms with E-state index in [0.717, 1.165) is 36.5 Å². The topological polar surface area (TPSA) is 78.9 Å². The molecule has 0 saturated carbocycles. The summed E-state index contributed by atoms with van der Waals surface area (Å²) in [6.45, 7) is 4.23.